The number of amides is 1. The van der Waals surface area contributed by atoms with Crippen molar-refractivity contribution in [3.63, 3.8) is 0 Å². The summed E-state index contributed by atoms with van der Waals surface area (Å²) in [4.78, 5) is 23.6. The van der Waals surface area contributed by atoms with E-state index in [1.807, 2.05) is 6.07 Å². The van der Waals surface area contributed by atoms with Crippen molar-refractivity contribution in [3.05, 3.63) is 64.7 Å². The standard InChI is InChI=1S/C20H19N5O3/c1-2-13(20(27)28)8-14-6-7-18(10-16(14)11-21)25-19(26)15-4-3-5-17(9-15)23-12-24-22/h3-10,12H,2,22H2,1H3,(H,23,24)(H,25,26)(H,27,28). The number of nitrogens with one attached hydrogen (secondary N) is 2. The van der Waals surface area contributed by atoms with E-state index in [0.717, 1.165) is 0 Å². The Balaban J connectivity index is 2.24. The zero-order chi connectivity index (χ0) is 20.5. The molecule has 0 aliphatic rings. The number of carbonyl (C=O) groups is 2. The van der Waals surface area contributed by atoms with E-state index >= 15 is 0 Å². The molecule has 2 aromatic rings. The highest BCUT2D eigenvalue weighted by atomic mass is 16.4. The molecule has 0 aromatic heterocycles. The second-order valence-electron chi connectivity index (χ2n) is 5.70. The maximum Gasteiger partial charge on any atom is 0.331 e. The lowest BCUT2D eigenvalue weighted by Gasteiger charge is -2.09. The van der Waals surface area contributed by atoms with Gasteiger partial charge in [0, 0.05) is 22.5 Å². The molecule has 2 rings (SSSR count). The molecule has 0 atom stereocenters. The van der Waals surface area contributed by atoms with E-state index < -0.39 is 5.97 Å². The molecule has 1 amide bonds. The fourth-order valence-corrected chi connectivity index (χ4v) is 2.42. The van der Waals surface area contributed by atoms with Gasteiger partial charge >= 0.3 is 5.97 Å². The molecule has 0 fully saturated rings. The second kappa shape index (κ2) is 9.54. The number of carboxylic acids is 1. The van der Waals surface area contributed by atoms with Crippen LogP contribution >= 0.6 is 0 Å². The fraction of sp³-hybridized carbons (Fsp3) is 0.100. The summed E-state index contributed by atoms with van der Waals surface area (Å²) in [6.07, 6.45) is 3.09. The monoisotopic (exact) mass is 377 g/mol. The molecule has 0 aliphatic carbocycles. The number of hydrogen-bond acceptors (Lipinski definition) is 5. The van der Waals surface area contributed by atoms with Crippen molar-refractivity contribution in [2.45, 2.75) is 13.3 Å². The number of anilines is 2. The van der Waals surface area contributed by atoms with E-state index in [1.54, 1.807) is 43.3 Å². The van der Waals surface area contributed by atoms with Gasteiger partial charge in [-0.3, -0.25) is 4.79 Å². The first-order valence-electron chi connectivity index (χ1n) is 8.36. The zero-order valence-electron chi connectivity index (χ0n) is 15.1. The minimum absolute atomic E-state index is 0.193. The van der Waals surface area contributed by atoms with Gasteiger partial charge in [-0.15, -0.1) is 0 Å². The van der Waals surface area contributed by atoms with Gasteiger partial charge in [0.2, 0.25) is 0 Å². The van der Waals surface area contributed by atoms with Crippen molar-refractivity contribution >= 4 is 35.7 Å². The number of benzene rings is 2. The number of hydrazone groups is 1. The number of nitrogens with two attached hydrogens (primary N) is 1. The van der Waals surface area contributed by atoms with Crippen LogP contribution in [0.15, 0.2) is 53.1 Å². The van der Waals surface area contributed by atoms with Gasteiger partial charge in [-0.1, -0.05) is 19.1 Å². The van der Waals surface area contributed by atoms with Crippen molar-refractivity contribution in [1.29, 1.82) is 5.26 Å². The molecule has 8 nitrogen and oxygen atoms in total. The SMILES string of the molecule is CCC(=Cc1ccc(NC(=O)c2cccc(NC=NN)c2)cc1C#N)C(=O)O. The van der Waals surface area contributed by atoms with Gasteiger partial charge in [0.05, 0.1) is 11.6 Å². The first-order chi connectivity index (χ1) is 13.5. The van der Waals surface area contributed by atoms with Crippen LogP contribution in [0, 0.1) is 11.3 Å². The van der Waals surface area contributed by atoms with E-state index in [1.165, 1.54) is 18.5 Å². The predicted octanol–water partition coefficient (Wildman–Crippen LogP) is 3.00. The Morgan fingerprint density at radius 1 is 1.25 bits per heavy atom. The van der Waals surface area contributed by atoms with E-state index in [0.29, 0.717) is 28.9 Å². The van der Waals surface area contributed by atoms with Crippen LogP contribution in [-0.4, -0.2) is 23.3 Å². The minimum atomic E-state index is -1.03. The maximum absolute atomic E-state index is 12.5. The molecule has 0 radical (unpaired) electrons. The van der Waals surface area contributed by atoms with Gasteiger partial charge < -0.3 is 21.6 Å². The Hall–Kier alpha value is -4.12. The Bertz CT molecular complexity index is 990. The van der Waals surface area contributed by atoms with Crippen molar-refractivity contribution in [3.8, 4) is 6.07 Å². The van der Waals surface area contributed by atoms with Gasteiger partial charge in [-0.25, -0.2) is 4.79 Å². The fourth-order valence-electron chi connectivity index (χ4n) is 2.42. The highest BCUT2D eigenvalue weighted by molar-refractivity contribution is 6.05. The number of carboxylic acid groups (broad SMARTS) is 1. The first-order valence-corrected chi connectivity index (χ1v) is 8.36. The lowest BCUT2D eigenvalue weighted by Crippen LogP contribution is -2.12. The molecule has 0 unspecified atom stereocenters. The van der Waals surface area contributed by atoms with Crippen LogP contribution in [0.1, 0.15) is 34.8 Å². The molecule has 0 saturated carbocycles. The van der Waals surface area contributed by atoms with Crippen LogP contribution < -0.4 is 16.5 Å². The molecule has 0 bridgehead atoms. The summed E-state index contributed by atoms with van der Waals surface area (Å²) in [7, 11) is 0. The van der Waals surface area contributed by atoms with Crippen LogP contribution in [0.4, 0.5) is 11.4 Å². The summed E-state index contributed by atoms with van der Waals surface area (Å²) in [5, 5.41) is 27.4. The van der Waals surface area contributed by atoms with Crippen LogP contribution in [0.25, 0.3) is 6.08 Å². The summed E-state index contributed by atoms with van der Waals surface area (Å²) in [5.74, 6) is 3.64. The van der Waals surface area contributed by atoms with Crippen molar-refractivity contribution < 1.29 is 14.7 Å². The number of rotatable bonds is 7. The molecule has 28 heavy (non-hydrogen) atoms. The van der Waals surface area contributed by atoms with Crippen molar-refractivity contribution in [1.82, 2.24) is 0 Å². The highest BCUT2D eigenvalue weighted by Crippen LogP contribution is 2.20. The third kappa shape index (κ3) is 5.19. The number of hydrogen-bond donors (Lipinski definition) is 4. The van der Waals surface area contributed by atoms with Crippen molar-refractivity contribution in [2.24, 2.45) is 10.9 Å². The molecule has 5 N–H and O–H groups in total. The van der Waals surface area contributed by atoms with Crippen LogP contribution in [0.2, 0.25) is 0 Å². The number of aliphatic carboxylic acids is 1. The maximum atomic E-state index is 12.5. The highest BCUT2D eigenvalue weighted by Gasteiger charge is 2.10. The topological polar surface area (TPSA) is 141 Å². The normalized spacial score (nSPS) is 11.1. The van der Waals surface area contributed by atoms with Gasteiger partial charge in [0.1, 0.15) is 6.34 Å². The van der Waals surface area contributed by atoms with Gasteiger partial charge in [0.15, 0.2) is 0 Å². The average molecular weight is 377 g/mol. The third-order valence-corrected chi connectivity index (χ3v) is 3.85. The van der Waals surface area contributed by atoms with Gasteiger partial charge in [-0.05, 0) is 48.4 Å². The van der Waals surface area contributed by atoms with E-state index in [2.05, 4.69) is 15.7 Å². The second-order valence-corrected chi connectivity index (χ2v) is 5.70. The van der Waals surface area contributed by atoms with E-state index in [-0.39, 0.29) is 17.0 Å². The van der Waals surface area contributed by atoms with Crippen LogP contribution in [0.3, 0.4) is 0 Å². The Labute approximate surface area is 162 Å². The molecule has 0 spiro atoms. The summed E-state index contributed by atoms with van der Waals surface area (Å²) < 4.78 is 0. The summed E-state index contributed by atoms with van der Waals surface area (Å²) in [5.41, 5.74) is 2.40. The van der Waals surface area contributed by atoms with Gasteiger partial charge in [0.25, 0.3) is 5.91 Å². The molecular formula is C20H19N5O3. The molecule has 2 aromatic carbocycles. The summed E-state index contributed by atoms with van der Waals surface area (Å²) in [6, 6.07) is 13.5. The number of nitriles is 1. The Kier molecular flexibility index (Phi) is 6.88. The zero-order valence-corrected chi connectivity index (χ0v) is 15.1. The lowest BCUT2D eigenvalue weighted by molar-refractivity contribution is -0.132. The van der Waals surface area contributed by atoms with E-state index in [4.69, 9.17) is 10.9 Å². The Morgan fingerprint density at radius 2 is 2.04 bits per heavy atom. The molecule has 0 heterocycles. The first kappa shape index (κ1) is 20.2. The molecule has 0 saturated heterocycles. The summed E-state index contributed by atoms with van der Waals surface area (Å²) >= 11 is 0. The molecule has 8 heteroatoms. The predicted molar refractivity (Wildman–Crippen MR) is 108 cm³/mol. The van der Waals surface area contributed by atoms with E-state index in [9.17, 15) is 14.9 Å². The minimum Gasteiger partial charge on any atom is -0.478 e. The number of nitrogens with zero attached hydrogens (tertiary/aromatic N) is 2. The summed E-state index contributed by atoms with van der Waals surface area (Å²) in [6.45, 7) is 1.73. The third-order valence-electron chi connectivity index (χ3n) is 3.85. The van der Waals surface area contributed by atoms with Crippen molar-refractivity contribution in [2.75, 3.05) is 10.6 Å². The van der Waals surface area contributed by atoms with Crippen LogP contribution in [0.5, 0.6) is 0 Å². The molecular weight excluding hydrogens is 358 g/mol. The van der Waals surface area contributed by atoms with Gasteiger partial charge in [-0.2, -0.15) is 10.4 Å². The van der Waals surface area contributed by atoms with Crippen LogP contribution in [-0.2, 0) is 4.79 Å². The smallest absolute Gasteiger partial charge is 0.331 e. The molecule has 142 valence electrons. The lowest BCUT2D eigenvalue weighted by atomic mass is 10.0. The Morgan fingerprint density at radius 3 is 2.68 bits per heavy atom. The average Bonchev–Trinajstić information content (AvgIpc) is 2.70. The molecule has 0 aliphatic heterocycles. The number of carbonyl (C=O) groups excluding carboxylic acids is 1. The quantitative estimate of drug-likeness (QED) is 0.192. The largest absolute Gasteiger partial charge is 0.478 e.